The van der Waals surface area contributed by atoms with Crippen molar-refractivity contribution in [1.82, 2.24) is 5.32 Å². The first-order valence-electron chi connectivity index (χ1n) is 9.58. The first kappa shape index (κ1) is 27.3. The van der Waals surface area contributed by atoms with Crippen LogP contribution in [0.15, 0.2) is 0 Å². The molecule has 25 heavy (non-hydrogen) atoms. The van der Waals surface area contributed by atoms with E-state index in [0.717, 1.165) is 19.4 Å². The van der Waals surface area contributed by atoms with Crippen molar-refractivity contribution in [1.29, 1.82) is 0 Å². The van der Waals surface area contributed by atoms with Crippen LogP contribution in [0.1, 0.15) is 71.1 Å². The van der Waals surface area contributed by atoms with Crippen LogP contribution in [0.5, 0.6) is 0 Å². The van der Waals surface area contributed by atoms with Gasteiger partial charge < -0.3 is 30.8 Å². The Morgan fingerprint density at radius 1 is 0.680 bits per heavy atom. The van der Waals surface area contributed by atoms with Gasteiger partial charge >= 0.3 is 0 Å². The second-order valence-corrected chi connectivity index (χ2v) is 6.68. The summed E-state index contributed by atoms with van der Waals surface area (Å²) in [6.07, 6.45) is 7.01. The maximum atomic E-state index is 9.73. The monoisotopic (exact) mass is 385 g/mol. The molecular formula is C18H40ClNO5. The van der Waals surface area contributed by atoms with Gasteiger partial charge in [0, 0.05) is 6.54 Å². The minimum Gasteiger partial charge on any atom is -0.394 e. The van der Waals surface area contributed by atoms with E-state index in [1.165, 1.54) is 51.4 Å². The summed E-state index contributed by atoms with van der Waals surface area (Å²) < 4.78 is 0. The first-order chi connectivity index (χ1) is 11.5. The summed E-state index contributed by atoms with van der Waals surface area (Å²) in [4.78, 5) is 0. The third kappa shape index (κ3) is 14.9. The molecule has 154 valence electrons. The molecule has 0 saturated carbocycles. The van der Waals surface area contributed by atoms with Crippen molar-refractivity contribution >= 4 is 12.4 Å². The SMILES string of the molecule is CCCCCCCCCCCCNC[C@H](O)[C@@H](O)[C@H](O)[C@H](O)CO.Cl. The number of hydrogen-bond donors (Lipinski definition) is 6. The average Bonchev–Trinajstić information content (AvgIpc) is 2.60. The van der Waals surface area contributed by atoms with E-state index in [9.17, 15) is 20.4 Å². The summed E-state index contributed by atoms with van der Waals surface area (Å²) in [6.45, 7) is 2.47. The van der Waals surface area contributed by atoms with Crippen LogP contribution in [-0.4, -0.2) is 69.6 Å². The van der Waals surface area contributed by atoms with Crippen LogP contribution in [-0.2, 0) is 0 Å². The highest BCUT2D eigenvalue weighted by Gasteiger charge is 2.29. The Hall–Kier alpha value is 0.0500. The first-order valence-corrected chi connectivity index (χ1v) is 9.58. The van der Waals surface area contributed by atoms with E-state index in [4.69, 9.17) is 5.11 Å². The molecule has 0 aromatic carbocycles. The molecule has 0 amide bonds. The van der Waals surface area contributed by atoms with Crippen LogP contribution in [0.2, 0.25) is 0 Å². The van der Waals surface area contributed by atoms with Crippen molar-refractivity contribution in [3.63, 3.8) is 0 Å². The molecule has 0 aliphatic carbocycles. The van der Waals surface area contributed by atoms with E-state index in [1.54, 1.807) is 0 Å². The molecule has 4 atom stereocenters. The predicted octanol–water partition coefficient (Wildman–Crippen LogP) is 1.35. The quantitative estimate of drug-likeness (QED) is 0.211. The highest BCUT2D eigenvalue weighted by atomic mass is 35.5. The molecule has 0 aromatic heterocycles. The molecule has 0 aliphatic heterocycles. The maximum Gasteiger partial charge on any atom is 0.111 e. The third-order valence-electron chi connectivity index (χ3n) is 4.39. The number of aliphatic hydroxyl groups is 5. The van der Waals surface area contributed by atoms with Crippen molar-refractivity contribution in [2.75, 3.05) is 19.7 Å². The van der Waals surface area contributed by atoms with Gasteiger partial charge in [0.25, 0.3) is 0 Å². The summed E-state index contributed by atoms with van der Waals surface area (Å²) in [6, 6.07) is 0. The molecule has 7 heteroatoms. The van der Waals surface area contributed by atoms with Gasteiger partial charge in [-0.2, -0.15) is 0 Å². The van der Waals surface area contributed by atoms with Crippen LogP contribution < -0.4 is 5.32 Å². The maximum absolute atomic E-state index is 9.73. The Morgan fingerprint density at radius 2 is 1.12 bits per heavy atom. The lowest BCUT2D eigenvalue weighted by molar-refractivity contribution is -0.113. The molecule has 0 aliphatic rings. The van der Waals surface area contributed by atoms with Crippen molar-refractivity contribution < 1.29 is 25.5 Å². The standard InChI is InChI=1S/C18H39NO5.ClH/c1-2-3-4-5-6-7-8-9-10-11-12-19-13-15(21)17(23)18(24)16(22)14-20;/h15-24H,2-14H2,1H3;1H/t15-,16+,17+,18+;/m0./s1. The molecule has 6 N–H and O–H groups in total. The second kappa shape index (κ2) is 18.8. The Labute approximate surface area is 159 Å². The average molecular weight is 386 g/mol. The van der Waals surface area contributed by atoms with Crippen molar-refractivity contribution in [3.8, 4) is 0 Å². The largest absolute Gasteiger partial charge is 0.394 e. The molecule has 0 saturated heterocycles. The van der Waals surface area contributed by atoms with Gasteiger partial charge in [-0.05, 0) is 13.0 Å². The van der Waals surface area contributed by atoms with E-state index >= 15 is 0 Å². The van der Waals surface area contributed by atoms with E-state index < -0.39 is 31.0 Å². The van der Waals surface area contributed by atoms with Crippen LogP contribution in [0.25, 0.3) is 0 Å². The Kier molecular flexibility index (Phi) is 20.5. The summed E-state index contributed by atoms with van der Waals surface area (Å²) in [7, 11) is 0. The summed E-state index contributed by atoms with van der Waals surface area (Å²) in [5.41, 5.74) is 0. The normalized spacial score (nSPS) is 16.1. The molecule has 0 radical (unpaired) electrons. The molecule has 0 heterocycles. The minimum atomic E-state index is -1.55. The summed E-state index contributed by atoms with van der Waals surface area (Å²) >= 11 is 0. The van der Waals surface area contributed by atoms with Crippen LogP contribution in [0.3, 0.4) is 0 Å². The molecule has 0 rings (SSSR count). The zero-order valence-corrected chi connectivity index (χ0v) is 16.5. The fourth-order valence-corrected chi connectivity index (χ4v) is 2.67. The van der Waals surface area contributed by atoms with Crippen LogP contribution >= 0.6 is 12.4 Å². The smallest absolute Gasteiger partial charge is 0.111 e. The fourth-order valence-electron chi connectivity index (χ4n) is 2.67. The predicted molar refractivity (Wildman–Crippen MR) is 103 cm³/mol. The number of unbranched alkanes of at least 4 members (excludes halogenated alkanes) is 9. The van der Waals surface area contributed by atoms with Gasteiger partial charge in [-0.3, -0.25) is 0 Å². The number of halogens is 1. The van der Waals surface area contributed by atoms with Gasteiger partial charge in [0.05, 0.1) is 12.7 Å². The van der Waals surface area contributed by atoms with Gasteiger partial charge in [0.1, 0.15) is 18.3 Å². The fraction of sp³-hybridized carbons (Fsp3) is 1.00. The van der Waals surface area contributed by atoms with Gasteiger partial charge in [-0.1, -0.05) is 64.7 Å². The van der Waals surface area contributed by atoms with Crippen molar-refractivity contribution in [3.05, 3.63) is 0 Å². The highest BCUT2D eigenvalue weighted by molar-refractivity contribution is 5.85. The Morgan fingerprint density at radius 3 is 1.60 bits per heavy atom. The van der Waals surface area contributed by atoms with Gasteiger partial charge in [0.15, 0.2) is 0 Å². The Bertz CT molecular complexity index is 274. The van der Waals surface area contributed by atoms with Gasteiger partial charge in [0.2, 0.25) is 0 Å². The van der Waals surface area contributed by atoms with E-state index in [1.807, 2.05) is 0 Å². The van der Waals surface area contributed by atoms with Gasteiger partial charge in [-0.15, -0.1) is 12.4 Å². The zero-order chi connectivity index (χ0) is 18.2. The highest BCUT2D eigenvalue weighted by Crippen LogP contribution is 2.10. The molecule has 0 unspecified atom stereocenters. The minimum absolute atomic E-state index is 0. The lowest BCUT2D eigenvalue weighted by Crippen LogP contribution is -2.49. The van der Waals surface area contributed by atoms with Crippen LogP contribution in [0.4, 0.5) is 0 Å². The van der Waals surface area contributed by atoms with E-state index in [2.05, 4.69) is 12.2 Å². The lowest BCUT2D eigenvalue weighted by atomic mass is 10.0. The Balaban J connectivity index is 0. The number of hydrogen-bond acceptors (Lipinski definition) is 6. The van der Waals surface area contributed by atoms with E-state index in [-0.39, 0.29) is 19.0 Å². The molecule has 0 bridgehead atoms. The van der Waals surface area contributed by atoms with E-state index in [0.29, 0.717) is 0 Å². The summed E-state index contributed by atoms with van der Waals surface area (Å²) in [5, 5.41) is 49.9. The molecule has 6 nitrogen and oxygen atoms in total. The number of nitrogens with one attached hydrogen (secondary N) is 1. The molecule has 0 spiro atoms. The van der Waals surface area contributed by atoms with Gasteiger partial charge in [-0.25, -0.2) is 0 Å². The van der Waals surface area contributed by atoms with Crippen molar-refractivity contribution in [2.24, 2.45) is 0 Å². The van der Waals surface area contributed by atoms with Crippen LogP contribution in [0, 0.1) is 0 Å². The molecular weight excluding hydrogens is 346 g/mol. The third-order valence-corrected chi connectivity index (χ3v) is 4.39. The molecule has 0 aromatic rings. The van der Waals surface area contributed by atoms with Crippen molar-refractivity contribution in [2.45, 2.75) is 95.5 Å². The number of rotatable bonds is 17. The summed E-state index contributed by atoms with van der Waals surface area (Å²) in [5.74, 6) is 0. The molecule has 0 fully saturated rings. The second-order valence-electron chi connectivity index (χ2n) is 6.68. The zero-order valence-electron chi connectivity index (χ0n) is 15.6. The topological polar surface area (TPSA) is 113 Å². The lowest BCUT2D eigenvalue weighted by Gasteiger charge is -2.25. The number of aliphatic hydroxyl groups excluding tert-OH is 5.